The van der Waals surface area contributed by atoms with Gasteiger partial charge in [0.15, 0.2) is 0 Å². The Hall–Kier alpha value is -4.25. The van der Waals surface area contributed by atoms with Crippen molar-refractivity contribution in [2.24, 2.45) is 7.05 Å². The van der Waals surface area contributed by atoms with Crippen molar-refractivity contribution in [3.05, 3.63) is 88.5 Å². The van der Waals surface area contributed by atoms with Crippen LogP contribution in [0.4, 0.5) is 22.7 Å². The summed E-state index contributed by atoms with van der Waals surface area (Å²) in [4.78, 5) is 24.2. The van der Waals surface area contributed by atoms with Crippen molar-refractivity contribution >= 4 is 40.4 Å². The first-order chi connectivity index (χ1) is 15.5. The van der Waals surface area contributed by atoms with E-state index in [0.717, 1.165) is 23.1 Å². The van der Waals surface area contributed by atoms with Crippen LogP contribution in [-0.4, -0.2) is 31.0 Å². The maximum atomic E-state index is 13.0. The SMILES string of the molecule is Cn1nnnc1Sc1ccc([N+](=O)[O-])cc1C(=O)Nc1ccc(Nc2ccccc2)cc1. The lowest BCUT2D eigenvalue weighted by Crippen LogP contribution is -2.13. The lowest BCUT2D eigenvalue weighted by Gasteiger charge is -2.11. The highest BCUT2D eigenvalue weighted by molar-refractivity contribution is 7.99. The summed E-state index contributed by atoms with van der Waals surface area (Å²) in [6.45, 7) is 0. The van der Waals surface area contributed by atoms with Crippen LogP contribution in [0.15, 0.2) is 82.8 Å². The Kier molecular flexibility index (Phi) is 6.08. The number of carbonyl (C=O) groups excluding carboxylic acids is 1. The Morgan fingerprint density at radius 2 is 1.69 bits per heavy atom. The molecule has 1 amide bonds. The van der Waals surface area contributed by atoms with Gasteiger partial charge >= 0.3 is 0 Å². The van der Waals surface area contributed by atoms with Crippen LogP contribution >= 0.6 is 11.8 Å². The number of nitro groups is 1. The maximum Gasteiger partial charge on any atom is 0.270 e. The number of aromatic nitrogens is 4. The zero-order chi connectivity index (χ0) is 22.5. The summed E-state index contributed by atoms with van der Waals surface area (Å²) in [6.07, 6.45) is 0. The summed E-state index contributed by atoms with van der Waals surface area (Å²) in [6, 6.07) is 21.0. The Balaban J connectivity index is 1.54. The monoisotopic (exact) mass is 447 g/mol. The molecule has 32 heavy (non-hydrogen) atoms. The number of para-hydroxylation sites is 1. The molecule has 0 unspecified atom stereocenters. The normalized spacial score (nSPS) is 10.5. The molecular formula is C21H17N7O3S. The molecule has 160 valence electrons. The van der Waals surface area contributed by atoms with E-state index in [4.69, 9.17) is 0 Å². The minimum atomic E-state index is -0.543. The number of nitrogens with one attached hydrogen (secondary N) is 2. The zero-order valence-corrected chi connectivity index (χ0v) is 17.6. The molecule has 0 saturated heterocycles. The van der Waals surface area contributed by atoms with Gasteiger partial charge in [0.05, 0.1) is 10.5 Å². The number of carbonyl (C=O) groups is 1. The molecule has 2 N–H and O–H groups in total. The first kappa shape index (κ1) is 21.0. The molecule has 0 spiro atoms. The molecule has 0 radical (unpaired) electrons. The number of anilines is 3. The Morgan fingerprint density at radius 3 is 2.34 bits per heavy atom. The summed E-state index contributed by atoms with van der Waals surface area (Å²) in [5.74, 6) is -0.477. The van der Waals surface area contributed by atoms with E-state index < -0.39 is 10.8 Å². The molecule has 10 nitrogen and oxygen atoms in total. The number of non-ortho nitro benzene ring substituents is 1. The molecule has 0 saturated carbocycles. The Labute approximate surface area is 186 Å². The van der Waals surface area contributed by atoms with E-state index in [1.54, 1.807) is 19.2 Å². The molecule has 1 aromatic heterocycles. The van der Waals surface area contributed by atoms with Crippen LogP contribution in [0.25, 0.3) is 0 Å². The number of aryl methyl sites for hydroxylation is 1. The average Bonchev–Trinajstić information content (AvgIpc) is 3.20. The van der Waals surface area contributed by atoms with Gasteiger partial charge in [-0.25, -0.2) is 4.68 Å². The number of nitro benzene ring substituents is 1. The van der Waals surface area contributed by atoms with E-state index in [-0.39, 0.29) is 11.3 Å². The van der Waals surface area contributed by atoms with Gasteiger partial charge in [-0.1, -0.05) is 18.2 Å². The van der Waals surface area contributed by atoms with E-state index in [0.29, 0.717) is 15.7 Å². The molecule has 0 atom stereocenters. The largest absolute Gasteiger partial charge is 0.356 e. The van der Waals surface area contributed by atoms with Gasteiger partial charge in [-0.15, -0.1) is 5.10 Å². The van der Waals surface area contributed by atoms with Gasteiger partial charge in [0, 0.05) is 41.1 Å². The van der Waals surface area contributed by atoms with Crippen molar-refractivity contribution in [3.8, 4) is 0 Å². The third-order valence-electron chi connectivity index (χ3n) is 4.41. The van der Waals surface area contributed by atoms with E-state index >= 15 is 0 Å². The van der Waals surface area contributed by atoms with Crippen molar-refractivity contribution < 1.29 is 9.72 Å². The molecule has 0 aliphatic rings. The fourth-order valence-corrected chi connectivity index (χ4v) is 3.67. The number of hydrogen-bond acceptors (Lipinski definition) is 8. The Bertz CT molecular complexity index is 1260. The summed E-state index contributed by atoms with van der Waals surface area (Å²) in [5, 5.41) is 28.9. The average molecular weight is 447 g/mol. The van der Waals surface area contributed by atoms with Gasteiger partial charge in [-0.3, -0.25) is 14.9 Å². The van der Waals surface area contributed by atoms with E-state index in [1.165, 1.54) is 22.9 Å². The number of nitrogens with zero attached hydrogens (tertiary/aromatic N) is 5. The van der Waals surface area contributed by atoms with Crippen LogP contribution in [0.2, 0.25) is 0 Å². The molecule has 1 heterocycles. The summed E-state index contributed by atoms with van der Waals surface area (Å²) < 4.78 is 1.45. The van der Waals surface area contributed by atoms with Crippen molar-refractivity contribution in [1.82, 2.24) is 20.2 Å². The van der Waals surface area contributed by atoms with Gasteiger partial charge in [-0.05, 0) is 64.7 Å². The van der Waals surface area contributed by atoms with Crippen molar-refractivity contribution in [2.75, 3.05) is 10.6 Å². The van der Waals surface area contributed by atoms with Crippen LogP contribution in [0.3, 0.4) is 0 Å². The first-order valence-corrected chi connectivity index (χ1v) is 10.2. The number of hydrogen-bond donors (Lipinski definition) is 2. The second-order valence-electron chi connectivity index (χ2n) is 6.65. The fraction of sp³-hybridized carbons (Fsp3) is 0.0476. The van der Waals surface area contributed by atoms with Crippen molar-refractivity contribution in [1.29, 1.82) is 0 Å². The fourth-order valence-electron chi connectivity index (χ4n) is 2.83. The molecule has 0 fully saturated rings. The molecule has 0 aliphatic carbocycles. The third-order valence-corrected chi connectivity index (χ3v) is 5.51. The quantitative estimate of drug-likeness (QED) is 0.318. The summed E-state index contributed by atoms with van der Waals surface area (Å²) >= 11 is 1.14. The summed E-state index contributed by atoms with van der Waals surface area (Å²) in [7, 11) is 1.67. The predicted octanol–water partition coefficient (Wildman–Crippen LogP) is 4.27. The van der Waals surface area contributed by atoms with Crippen LogP contribution in [0.1, 0.15) is 10.4 Å². The summed E-state index contributed by atoms with van der Waals surface area (Å²) in [5.41, 5.74) is 2.32. The maximum absolute atomic E-state index is 13.0. The van der Waals surface area contributed by atoms with E-state index in [1.807, 2.05) is 42.5 Å². The highest BCUT2D eigenvalue weighted by Crippen LogP contribution is 2.31. The third kappa shape index (κ3) is 4.90. The van der Waals surface area contributed by atoms with Crippen LogP contribution in [0.5, 0.6) is 0 Å². The number of rotatable bonds is 7. The first-order valence-electron chi connectivity index (χ1n) is 9.42. The molecule has 3 aromatic carbocycles. The van der Waals surface area contributed by atoms with Gasteiger partial charge in [-0.2, -0.15) is 0 Å². The standard InChI is InChI=1S/C21H17N7O3S/c1-27-21(24-25-26-27)32-19-12-11-17(28(30)31)13-18(19)20(29)23-16-9-7-15(8-10-16)22-14-5-3-2-4-6-14/h2-13,22H,1H3,(H,23,29). The van der Waals surface area contributed by atoms with E-state index in [2.05, 4.69) is 26.2 Å². The zero-order valence-electron chi connectivity index (χ0n) is 16.8. The van der Waals surface area contributed by atoms with Crippen LogP contribution in [0, 0.1) is 10.1 Å². The molecule has 0 aliphatic heterocycles. The van der Waals surface area contributed by atoms with Crippen LogP contribution < -0.4 is 10.6 Å². The molecule has 4 rings (SSSR count). The number of tetrazole rings is 1. The number of amides is 1. The minimum Gasteiger partial charge on any atom is -0.356 e. The second kappa shape index (κ2) is 9.27. The lowest BCUT2D eigenvalue weighted by molar-refractivity contribution is -0.384. The van der Waals surface area contributed by atoms with Gasteiger partial charge in [0.1, 0.15) is 0 Å². The Morgan fingerprint density at radius 1 is 1.00 bits per heavy atom. The molecule has 4 aromatic rings. The smallest absolute Gasteiger partial charge is 0.270 e. The van der Waals surface area contributed by atoms with Gasteiger partial charge < -0.3 is 10.6 Å². The molecular weight excluding hydrogens is 430 g/mol. The predicted molar refractivity (Wildman–Crippen MR) is 120 cm³/mol. The molecule has 11 heteroatoms. The van der Waals surface area contributed by atoms with Crippen LogP contribution in [-0.2, 0) is 7.05 Å². The van der Waals surface area contributed by atoms with E-state index in [9.17, 15) is 14.9 Å². The molecule has 0 bridgehead atoms. The second-order valence-corrected chi connectivity index (χ2v) is 7.66. The lowest BCUT2D eigenvalue weighted by atomic mass is 10.1. The minimum absolute atomic E-state index is 0.152. The van der Waals surface area contributed by atoms with Gasteiger partial charge in [0.2, 0.25) is 5.16 Å². The highest BCUT2D eigenvalue weighted by atomic mass is 32.2. The topological polar surface area (TPSA) is 128 Å². The number of benzene rings is 3. The van der Waals surface area contributed by atoms with Crippen molar-refractivity contribution in [2.45, 2.75) is 10.1 Å². The van der Waals surface area contributed by atoms with Crippen molar-refractivity contribution in [3.63, 3.8) is 0 Å². The highest BCUT2D eigenvalue weighted by Gasteiger charge is 2.19. The van der Waals surface area contributed by atoms with Gasteiger partial charge in [0.25, 0.3) is 11.6 Å².